The Balaban J connectivity index is 1.43. The average Bonchev–Trinajstić information content (AvgIpc) is 3.50. The first kappa shape index (κ1) is 18.8. The van der Waals surface area contributed by atoms with Crippen LogP contribution < -0.4 is 0 Å². The smallest absolute Gasteiger partial charge is 0.261 e. The topological polar surface area (TPSA) is 70.8 Å². The molecule has 0 radical (unpaired) electrons. The van der Waals surface area contributed by atoms with Crippen molar-refractivity contribution in [3.05, 3.63) is 80.9 Å². The van der Waals surface area contributed by atoms with Crippen LogP contribution in [0.15, 0.2) is 52.5 Å². The number of thiophene rings is 1. The van der Waals surface area contributed by atoms with Gasteiger partial charge >= 0.3 is 0 Å². The Morgan fingerprint density at radius 3 is 2.77 bits per heavy atom. The van der Waals surface area contributed by atoms with Gasteiger partial charge in [0.05, 0.1) is 30.0 Å². The molecule has 30 heavy (non-hydrogen) atoms. The molecule has 1 atom stereocenters. The van der Waals surface area contributed by atoms with Crippen LogP contribution in [-0.2, 0) is 13.0 Å². The lowest BCUT2D eigenvalue weighted by Gasteiger charge is -2.35. The number of imide groups is 1. The van der Waals surface area contributed by atoms with Gasteiger partial charge in [-0.2, -0.15) is 0 Å². The van der Waals surface area contributed by atoms with Crippen molar-refractivity contribution in [2.24, 2.45) is 0 Å². The number of carbonyl (C=O) groups excluding carboxylic acids is 3. The fraction of sp³-hybridized carbons (Fsp3) is 0.261. The summed E-state index contributed by atoms with van der Waals surface area (Å²) in [4.78, 5) is 43.3. The lowest BCUT2D eigenvalue weighted by atomic mass is 9.96. The van der Waals surface area contributed by atoms with Gasteiger partial charge in [0, 0.05) is 17.0 Å². The molecule has 3 aromatic rings. The van der Waals surface area contributed by atoms with Crippen molar-refractivity contribution in [2.75, 3.05) is 6.54 Å². The summed E-state index contributed by atoms with van der Waals surface area (Å²) in [6.07, 6.45) is 3.18. The van der Waals surface area contributed by atoms with E-state index in [0.717, 1.165) is 17.7 Å². The van der Waals surface area contributed by atoms with Crippen LogP contribution in [0, 0.1) is 0 Å². The molecule has 0 N–H and O–H groups in total. The summed E-state index contributed by atoms with van der Waals surface area (Å²) in [5.41, 5.74) is 2.26. The standard InChI is InChI=1S/C23H20N2O4S/c1-2-19-17-8-11-30-20(17)7-9-24(19)21(26)14-5-6-16-18(12-14)23(28)25(22(16)27)13-15-4-3-10-29-15/h3-6,8,10-12,19H,2,7,9,13H2,1H3/t19-/m0/s1. The van der Waals surface area contributed by atoms with E-state index in [1.165, 1.54) is 16.7 Å². The molecule has 0 bridgehead atoms. The predicted molar refractivity (Wildman–Crippen MR) is 111 cm³/mol. The van der Waals surface area contributed by atoms with E-state index in [9.17, 15) is 14.4 Å². The number of nitrogens with zero attached hydrogens (tertiary/aromatic N) is 2. The zero-order valence-electron chi connectivity index (χ0n) is 16.5. The Bertz CT molecular complexity index is 1150. The highest BCUT2D eigenvalue weighted by atomic mass is 32.1. The maximum atomic E-state index is 13.3. The summed E-state index contributed by atoms with van der Waals surface area (Å²) in [5.74, 6) is -0.331. The quantitative estimate of drug-likeness (QED) is 0.591. The summed E-state index contributed by atoms with van der Waals surface area (Å²) in [6.45, 7) is 2.81. The number of carbonyl (C=O) groups is 3. The van der Waals surface area contributed by atoms with Gasteiger partial charge in [-0.15, -0.1) is 11.3 Å². The minimum absolute atomic E-state index is 0.0357. The van der Waals surface area contributed by atoms with E-state index in [4.69, 9.17) is 4.42 Å². The normalized spacial score (nSPS) is 18.0. The third-order valence-electron chi connectivity index (χ3n) is 5.85. The van der Waals surface area contributed by atoms with Crippen LogP contribution in [0.1, 0.15) is 66.7 Å². The Hall–Kier alpha value is -3.19. The minimum atomic E-state index is -0.396. The number of furan rings is 1. The van der Waals surface area contributed by atoms with Gasteiger partial charge in [0.25, 0.3) is 17.7 Å². The second-order valence-electron chi connectivity index (χ2n) is 7.51. The SMILES string of the molecule is CC[C@H]1c2ccsc2CCN1C(=O)c1ccc2c(c1)C(=O)N(Cc1ccco1)C2=O. The van der Waals surface area contributed by atoms with E-state index in [1.54, 1.807) is 41.7 Å². The van der Waals surface area contributed by atoms with Gasteiger partial charge in [0.15, 0.2) is 0 Å². The summed E-state index contributed by atoms with van der Waals surface area (Å²) in [6, 6.07) is 10.4. The molecule has 0 saturated heterocycles. The number of hydrogen-bond acceptors (Lipinski definition) is 5. The number of fused-ring (bicyclic) bond motifs is 2. The van der Waals surface area contributed by atoms with Crippen LogP contribution in [0.2, 0.25) is 0 Å². The number of amides is 3. The Morgan fingerprint density at radius 1 is 1.17 bits per heavy atom. The van der Waals surface area contributed by atoms with E-state index in [2.05, 4.69) is 18.4 Å². The lowest BCUT2D eigenvalue weighted by molar-refractivity contribution is 0.0630. The first-order valence-electron chi connectivity index (χ1n) is 9.98. The van der Waals surface area contributed by atoms with Crippen LogP contribution in [0.3, 0.4) is 0 Å². The molecule has 4 heterocycles. The highest BCUT2D eigenvalue weighted by molar-refractivity contribution is 7.10. The molecule has 152 valence electrons. The molecule has 0 aliphatic carbocycles. The van der Waals surface area contributed by atoms with Crippen LogP contribution in [0.4, 0.5) is 0 Å². The Morgan fingerprint density at radius 2 is 2.00 bits per heavy atom. The van der Waals surface area contributed by atoms with Crippen molar-refractivity contribution >= 4 is 29.1 Å². The molecule has 6 nitrogen and oxygen atoms in total. The molecule has 2 aliphatic rings. The van der Waals surface area contributed by atoms with Gasteiger partial charge in [0.1, 0.15) is 5.76 Å². The largest absolute Gasteiger partial charge is 0.467 e. The van der Waals surface area contributed by atoms with Gasteiger partial charge in [-0.1, -0.05) is 6.92 Å². The van der Waals surface area contributed by atoms with E-state index in [-0.39, 0.29) is 30.0 Å². The molecule has 2 aromatic heterocycles. The van der Waals surface area contributed by atoms with E-state index in [0.29, 0.717) is 23.4 Å². The molecular weight excluding hydrogens is 400 g/mol. The van der Waals surface area contributed by atoms with Crippen molar-refractivity contribution in [3.63, 3.8) is 0 Å². The third-order valence-corrected chi connectivity index (χ3v) is 6.85. The number of benzene rings is 1. The first-order chi connectivity index (χ1) is 14.6. The summed E-state index contributed by atoms with van der Waals surface area (Å²) in [5, 5.41) is 2.08. The Labute approximate surface area is 177 Å². The molecule has 0 unspecified atom stereocenters. The molecule has 1 aromatic carbocycles. The molecule has 0 saturated carbocycles. The average molecular weight is 420 g/mol. The molecule has 0 fully saturated rings. The second kappa shape index (κ2) is 7.25. The molecule has 3 amide bonds. The second-order valence-corrected chi connectivity index (χ2v) is 8.51. The highest BCUT2D eigenvalue weighted by Gasteiger charge is 2.37. The predicted octanol–water partition coefficient (Wildman–Crippen LogP) is 4.29. The van der Waals surface area contributed by atoms with Gasteiger partial charge < -0.3 is 9.32 Å². The highest BCUT2D eigenvalue weighted by Crippen LogP contribution is 2.36. The fourth-order valence-electron chi connectivity index (χ4n) is 4.37. The molecule has 7 heteroatoms. The van der Waals surface area contributed by atoms with Crippen LogP contribution in [-0.4, -0.2) is 34.1 Å². The third kappa shape index (κ3) is 2.89. The van der Waals surface area contributed by atoms with Crippen molar-refractivity contribution in [1.82, 2.24) is 9.80 Å². The van der Waals surface area contributed by atoms with E-state index < -0.39 is 5.91 Å². The van der Waals surface area contributed by atoms with Gasteiger partial charge in [-0.25, -0.2) is 0 Å². The van der Waals surface area contributed by atoms with Crippen molar-refractivity contribution in [3.8, 4) is 0 Å². The number of hydrogen-bond donors (Lipinski definition) is 0. The van der Waals surface area contributed by atoms with Crippen molar-refractivity contribution in [1.29, 1.82) is 0 Å². The van der Waals surface area contributed by atoms with Gasteiger partial charge in [0.2, 0.25) is 0 Å². The van der Waals surface area contributed by atoms with Crippen LogP contribution >= 0.6 is 11.3 Å². The monoisotopic (exact) mass is 420 g/mol. The summed E-state index contributed by atoms with van der Waals surface area (Å²) >= 11 is 1.74. The maximum Gasteiger partial charge on any atom is 0.261 e. The zero-order chi connectivity index (χ0) is 20.8. The van der Waals surface area contributed by atoms with Gasteiger partial charge in [-0.3, -0.25) is 19.3 Å². The molecule has 0 spiro atoms. The molecule has 2 aliphatic heterocycles. The van der Waals surface area contributed by atoms with Crippen LogP contribution in [0.25, 0.3) is 0 Å². The lowest BCUT2D eigenvalue weighted by Crippen LogP contribution is -2.39. The maximum absolute atomic E-state index is 13.3. The van der Waals surface area contributed by atoms with Crippen molar-refractivity contribution < 1.29 is 18.8 Å². The zero-order valence-corrected chi connectivity index (χ0v) is 17.3. The molecule has 5 rings (SSSR count). The Kier molecular flexibility index (Phi) is 4.55. The van der Waals surface area contributed by atoms with E-state index >= 15 is 0 Å². The summed E-state index contributed by atoms with van der Waals surface area (Å²) in [7, 11) is 0. The van der Waals surface area contributed by atoms with E-state index in [1.807, 2.05) is 4.90 Å². The van der Waals surface area contributed by atoms with Crippen molar-refractivity contribution in [2.45, 2.75) is 32.4 Å². The summed E-state index contributed by atoms with van der Waals surface area (Å²) < 4.78 is 5.27. The minimum Gasteiger partial charge on any atom is -0.467 e. The first-order valence-corrected chi connectivity index (χ1v) is 10.9. The number of rotatable bonds is 4. The van der Waals surface area contributed by atoms with Gasteiger partial charge in [-0.05, 0) is 60.2 Å². The van der Waals surface area contributed by atoms with Crippen LogP contribution in [0.5, 0.6) is 0 Å². The molecular formula is C23H20N2O4S. The fourth-order valence-corrected chi connectivity index (χ4v) is 5.30.